The maximum Gasteiger partial charge on any atom is 0.514 e. The highest BCUT2D eigenvalue weighted by Crippen LogP contribution is 2.44. The van der Waals surface area contributed by atoms with Crippen molar-refractivity contribution in [2.45, 2.75) is 57.7 Å². The van der Waals surface area contributed by atoms with Crippen LogP contribution in [0.1, 0.15) is 54.9 Å². The van der Waals surface area contributed by atoms with Crippen LogP contribution < -0.4 is 21.1 Å². The number of nitro groups is 1. The lowest BCUT2D eigenvalue weighted by Gasteiger charge is -2.20. The second-order valence-electron chi connectivity index (χ2n) is 13.3. The van der Waals surface area contributed by atoms with E-state index in [-0.39, 0.29) is 43.4 Å². The third kappa shape index (κ3) is 10.6. The third-order valence-corrected chi connectivity index (χ3v) is 9.23. The second kappa shape index (κ2) is 18.4. The van der Waals surface area contributed by atoms with E-state index in [1.54, 1.807) is 24.3 Å². The maximum absolute atomic E-state index is 13.2. The van der Waals surface area contributed by atoms with Crippen LogP contribution in [-0.2, 0) is 41.7 Å². The predicted octanol–water partition coefficient (Wildman–Crippen LogP) is 5.30. The molecular formula is C41H40N4O11. The molecule has 4 aromatic rings. The van der Waals surface area contributed by atoms with Crippen molar-refractivity contribution in [2.24, 2.45) is 11.7 Å². The van der Waals surface area contributed by atoms with Gasteiger partial charge in [-0.3, -0.25) is 29.3 Å². The molecular weight excluding hydrogens is 724 g/mol. The van der Waals surface area contributed by atoms with Crippen molar-refractivity contribution in [1.82, 2.24) is 10.6 Å². The van der Waals surface area contributed by atoms with Gasteiger partial charge in [-0.15, -0.1) is 0 Å². The number of nitrogens with two attached hydrogens (primary N) is 1. The molecule has 3 atom stereocenters. The van der Waals surface area contributed by atoms with E-state index in [4.69, 9.17) is 19.9 Å². The van der Waals surface area contributed by atoms with Crippen LogP contribution in [-0.4, -0.2) is 59.2 Å². The van der Waals surface area contributed by atoms with Crippen LogP contribution in [0.5, 0.6) is 5.75 Å². The zero-order valence-corrected chi connectivity index (χ0v) is 30.6. The number of Topliss-reactive ketones (excluding diaryl/α,β-unsaturated/α-hetero) is 2. The van der Waals surface area contributed by atoms with Gasteiger partial charge in [-0.05, 0) is 52.4 Å². The van der Waals surface area contributed by atoms with Crippen LogP contribution in [0.25, 0.3) is 11.1 Å². The van der Waals surface area contributed by atoms with Crippen molar-refractivity contribution in [2.75, 3.05) is 6.61 Å². The van der Waals surface area contributed by atoms with Crippen LogP contribution in [0.2, 0.25) is 0 Å². The van der Waals surface area contributed by atoms with Crippen molar-refractivity contribution in [3.63, 3.8) is 0 Å². The van der Waals surface area contributed by atoms with Gasteiger partial charge in [0, 0.05) is 36.8 Å². The lowest BCUT2D eigenvalue weighted by Crippen LogP contribution is -2.47. The van der Waals surface area contributed by atoms with Crippen molar-refractivity contribution in [3.05, 3.63) is 129 Å². The Hall–Kier alpha value is -6.90. The Morgan fingerprint density at radius 2 is 1.34 bits per heavy atom. The number of amides is 3. The standard InChI is InChI=1S/C41H40N4O11/c1-24(19-36(46)25(2)43-40(50)54-23-34-32-9-5-3-7-30(32)31-8-4-6-10-33(31)34)39(49)44-35(21-38(42)48)37(47)20-26-11-13-27(14-12-26)22-55-41(51)56-29-17-15-28(16-18-29)45(52)53/h3-18,24-25,34-35H,19-23H2,1-2H3,(H2,42,48)(H,43,50)(H,44,49)/t24-,25+,35+/m1/s1. The Morgan fingerprint density at radius 1 is 0.750 bits per heavy atom. The van der Waals surface area contributed by atoms with Gasteiger partial charge >= 0.3 is 12.2 Å². The van der Waals surface area contributed by atoms with E-state index in [1.807, 2.05) is 48.5 Å². The van der Waals surface area contributed by atoms with E-state index in [2.05, 4.69) is 10.6 Å². The number of nitrogens with one attached hydrogen (secondary N) is 2. The molecule has 1 aliphatic carbocycles. The molecule has 1 aliphatic rings. The molecule has 4 N–H and O–H groups in total. The normalized spacial score (nSPS) is 13.2. The first-order valence-corrected chi connectivity index (χ1v) is 17.7. The Morgan fingerprint density at radius 3 is 1.93 bits per heavy atom. The van der Waals surface area contributed by atoms with Crippen molar-refractivity contribution >= 4 is 41.3 Å². The lowest BCUT2D eigenvalue weighted by molar-refractivity contribution is -0.384. The molecule has 0 fully saturated rings. The van der Waals surface area contributed by atoms with Gasteiger partial charge < -0.3 is 30.6 Å². The molecule has 0 radical (unpaired) electrons. The first-order chi connectivity index (χ1) is 26.8. The molecule has 0 saturated heterocycles. The minimum absolute atomic E-state index is 0.0608. The number of alkyl carbamates (subject to hydrolysis) is 1. The molecule has 0 aliphatic heterocycles. The minimum Gasteiger partial charge on any atom is -0.449 e. The fraction of sp³-hybridized carbons (Fsp3) is 0.268. The Bertz CT molecular complexity index is 2070. The maximum atomic E-state index is 13.2. The Kier molecular flexibility index (Phi) is 13.3. The van der Waals surface area contributed by atoms with Crippen LogP contribution >= 0.6 is 0 Å². The zero-order chi connectivity index (χ0) is 40.4. The quantitative estimate of drug-likeness (QED) is 0.0541. The van der Waals surface area contributed by atoms with Crippen molar-refractivity contribution in [1.29, 1.82) is 0 Å². The zero-order valence-electron chi connectivity index (χ0n) is 30.6. The summed E-state index contributed by atoms with van der Waals surface area (Å²) in [5.41, 5.74) is 10.6. The number of hydrogen-bond donors (Lipinski definition) is 3. The number of benzene rings is 4. The first kappa shape index (κ1) is 40.3. The van der Waals surface area contributed by atoms with Crippen molar-refractivity contribution < 1.29 is 47.9 Å². The highest BCUT2D eigenvalue weighted by molar-refractivity contribution is 5.96. The average molecular weight is 765 g/mol. The molecule has 0 aromatic heterocycles. The topological polar surface area (TPSA) is 223 Å². The highest BCUT2D eigenvalue weighted by atomic mass is 16.7. The molecule has 0 heterocycles. The highest BCUT2D eigenvalue weighted by Gasteiger charge is 2.31. The lowest BCUT2D eigenvalue weighted by atomic mass is 9.97. The number of hydrogen-bond acceptors (Lipinski definition) is 11. The van der Waals surface area contributed by atoms with Gasteiger partial charge in [0.1, 0.15) is 19.0 Å². The van der Waals surface area contributed by atoms with Gasteiger partial charge in [-0.25, -0.2) is 9.59 Å². The van der Waals surface area contributed by atoms with Gasteiger partial charge in [0.25, 0.3) is 5.69 Å². The number of nitro benzene ring substituents is 1. The predicted molar refractivity (Wildman–Crippen MR) is 201 cm³/mol. The van der Waals surface area contributed by atoms with E-state index in [0.29, 0.717) is 11.1 Å². The molecule has 0 saturated carbocycles. The van der Waals surface area contributed by atoms with Gasteiger partial charge in [-0.2, -0.15) is 0 Å². The number of fused-ring (bicyclic) bond motifs is 3. The first-order valence-electron chi connectivity index (χ1n) is 17.7. The summed E-state index contributed by atoms with van der Waals surface area (Å²) in [5, 5.41) is 15.8. The van der Waals surface area contributed by atoms with Crippen LogP contribution in [0, 0.1) is 16.0 Å². The number of nitrogens with zero attached hydrogens (tertiary/aromatic N) is 1. The van der Waals surface area contributed by atoms with Crippen LogP contribution in [0.4, 0.5) is 15.3 Å². The van der Waals surface area contributed by atoms with Crippen molar-refractivity contribution in [3.8, 4) is 16.9 Å². The summed E-state index contributed by atoms with van der Waals surface area (Å²) >= 11 is 0. The monoisotopic (exact) mass is 764 g/mol. The van der Waals surface area contributed by atoms with Gasteiger partial charge in [0.05, 0.1) is 23.4 Å². The number of ketones is 2. The number of ether oxygens (including phenoxy) is 3. The summed E-state index contributed by atoms with van der Waals surface area (Å²) in [6.45, 7) is 2.87. The number of rotatable bonds is 17. The van der Waals surface area contributed by atoms with E-state index < -0.39 is 65.0 Å². The number of carbonyl (C=O) groups is 6. The number of primary amides is 1. The minimum atomic E-state index is -1.26. The molecule has 4 aromatic carbocycles. The van der Waals surface area contributed by atoms with Gasteiger partial charge in [0.15, 0.2) is 11.6 Å². The van der Waals surface area contributed by atoms with Gasteiger partial charge in [-0.1, -0.05) is 79.7 Å². The summed E-state index contributed by atoms with van der Waals surface area (Å²) in [5.74, 6) is -3.43. The molecule has 15 heteroatoms. The molecule has 0 bridgehead atoms. The smallest absolute Gasteiger partial charge is 0.449 e. The fourth-order valence-corrected chi connectivity index (χ4v) is 6.21. The summed E-state index contributed by atoms with van der Waals surface area (Å²) in [7, 11) is 0. The largest absolute Gasteiger partial charge is 0.514 e. The molecule has 290 valence electrons. The summed E-state index contributed by atoms with van der Waals surface area (Å²) in [4.78, 5) is 86.0. The van der Waals surface area contributed by atoms with E-state index >= 15 is 0 Å². The molecule has 0 unspecified atom stereocenters. The van der Waals surface area contributed by atoms with E-state index in [0.717, 1.165) is 22.3 Å². The third-order valence-electron chi connectivity index (χ3n) is 9.23. The summed E-state index contributed by atoms with van der Waals surface area (Å²) in [6, 6.07) is 24.9. The number of non-ortho nitro benzene ring substituents is 1. The van der Waals surface area contributed by atoms with Gasteiger partial charge in [0.2, 0.25) is 11.8 Å². The summed E-state index contributed by atoms with van der Waals surface area (Å²) < 4.78 is 15.6. The SMILES string of the molecule is C[C@H](CC(=O)[C@H](C)NC(=O)OCC1c2ccccc2-c2ccccc21)C(=O)N[C@@H](CC(N)=O)C(=O)Cc1ccc(COC(=O)Oc2ccc([N+](=O)[O-])cc2)cc1. The van der Waals surface area contributed by atoms with Crippen LogP contribution in [0.15, 0.2) is 97.1 Å². The second-order valence-corrected chi connectivity index (χ2v) is 13.3. The molecule has 3 amide bonds. The molecule has 5 rings (SSSR count). The Labute approximate surface area is 321 Å². The molecule has 56 heavy (non-hydrogen) atoms. The number of carbonyl (C=O) groups excluding carboxylic acids is 6. The van der Waals surface area contributed by atoms with E-state index in [1.165, 1.54) is 38.1 Å². The Balaban J connectivity index is 1.06. The fourth-order valence-electron chi connectivity index (χ4n) is 6.21. The van der Waals surface area contributed by atoms with E-state index in [9.17, 15) is 38.9 Å². The molecule has 0 spiro atoms. The average Bonchev–Trinajstić information content (AvgIpc) is 3.49. The summed E-state index contributed by atoms with van der Waals surface area (Å²) in [6.07, 6.45) is -2.71. The van der Waals surface area contributed by atoms with Crippen LogP contribution in [0.3, 0.4) is 0 Å². The molecule has 15 nitrogen and oxygen atoms in total.